The summed E-state index contributed by atoms with van der Waals surface area (Å²) in [4.78, 5) is 11.4. The minimum atomic E-state index is -0.833. The number of hydrogen-bond donors (Lipinski definition) is 2. The van der Waals surface area contributed by atoms with Crippen LogP contribution in [-0.2, 0) is 4.79 Å². The molecule has 4 heteroatoms. The van der Waals surface area contributed by atoms with Crippen LogP contribution in [0, 0.1) is 0 Å². The Morgan fingerprint density at radius 2 is 1.13 bits per heavy atom. The molecule has 0 spiro atoms. The van der Waals surface area contributed by atoms with Crippen LogP contribution in [0.4, 0.5) is 0 Å². The van der Waals surface area contributed by atoms with E-state index in [-0.39, 0.29) is 0 Å². The maximum absolute atomic E-state index is 9.00. The molecule has 15 heavy (non-hydrogen) atoms. The lowest BCUT2D eigenvalue weighted by Gasteiger charge is -2.13. The molecule has 96 valence electrons. The lowest BCUT2D eigenvalue weighted by Crippen LogP contribution is -2.21. The number of nitrogens with zero attached hydrogens (tertiary/aromatic N) is 1. The van der Waals surface area contributed by atoms with Gasteiger partial charge in [0.25, 0.3) is 5.97 Å². The van der Waals surface area contributed by atoms with E-state index in [9.17, 15) is 0 Å². The fraction of sp³-hybridized carbons (Fsp3) is 0.909. The first-order chi connectivity index (χ1) is 7.08. The highest BCUT2D eigenvalue weighted by molar-refractivity contribution is 5.62. The number of aliphatic carboxylic acids is 1. The minimum Gasteiger partial charge on any atom is -0.481 e. The predicted molar refractivity (Wildman–Crippen MR) is 66.3 cm³/mol. The number of hydrogen-bond acceptors (Lipinski definition) is 3. The Bertz CT molecular complexity index is 84.3. The third-order valence-corrected chi connectivity index (χ3v) is 1.34. The summed E-state index contributed by atoms with van der Waals surface area (Å²) in [6.45, 7) is 15.2. The summed E-state index contributed by atoms with van der Waals surface area (Å²) in [7, 11) is 1.00. The molecule has 4 nitrogen and oxygen atoms in total. The van der Waals surface area contributed by atoms with Crippen molar-refractivity contribution in [2.45, 2.75) is 41.5 Å². The first kappa shape index (κ1) is 23.9. The lowest BCUT2D eigenvalue weighted by molar-refractivity contribution is -0.134. The van der Waals surface area contributed by atoms with Crippen LogP contribution in [0.15, 0.2) is 0 Å². The molecule has 0 bridgehead atoms. The smallest absolute Gasteiger partial charge is 0.300 e. The zero-order chi connectivity index (χ0) is 13.3. The van der Waals surface area contributed by atoms with Crippen LogP contribution in [0.3, 0.4) is 0 Å². The van der Waals surface area contributed by atoms with Gasteiger partial charge in [0.2, 0.25) is 0 Å². The van der Waals surface area contributed by atoms with Gasteiger partial charge in [0.15, 0.2) is 0 Å². The van der Waals surface area contributed by atoms with Crippen molar-refractivity contribution in [2.75, 3.05) is 26.7 Å². The number of rotatable bonds is 3. The highest BCUT2D eigenvalue weighted by atomic mass is 16.4. The van der Waals surface area contributed by atoms with Gasteiger partial charge in [-0.2, -0.15) is 0 Å². The van der Waals surface area contributed by atoms with Crippen molar-refractivity contribution in [3.63, 3.8) is 0 Å². The van der Waals surface area contributed by atoms with E-state index in [0.717, 1.165) is 14.0 Å². The molecule has 0 aromatic heterocycles. The van der Waals surface area contributed by atoms with Gasteiger partial charge in [-0.1, -0.05) is 34.6 Å². The second kappa shape index (κ2) is 29.2. The van der Waals surface area contributed by atoms with Gasteiger partial charge in [0.05, 0.1) is 0 Å². The molecule has 0 atom stereocenters. The van der Waals surface area contributed by atoms with E-state index in [1.165, 1.54) is 19.6 Å². The van der Waals surface area contributed by atoms with Gasteiger partial charge < -0.3 is 15.1 Å². The molecule has 0 aromatic carbocycles. The molecular weight excluding hydrogens is 194 g/mol. The van der Waals surface area contributed by atoms with Gasteiger partial charge >= 0.3 is 0 Å². The number of carboxylic acids is 1. The fourth-order valence-corrected chi connectivity index (χ4v) is 0.671. The Balaban J connectivity index is -0.0000000647. The van der Waals surface area contributed by atoms with Crippen LogP contribution < -0.4 is 0 Å². The monoisotopic (exact) mass is 223 g/mol. The highest BCUT2D eigenvalue weighted by Crippen LogP contribution is 1.81. The van der Waals surface area contributed by atoms with Crippen molar-refractivity contribution in [1.82, 2.24) is 4.90 Å². The summed E-state index contributed by atoms with van der Waals surface area (Å²) < 4.78 is 0. The summed E-state index contributed by atoms with van der Waals surface area (Å²) in [6, 6.07) is 0. The van der Waals surface area contributed by atoms with Crippen molar-refractivity contribution < 1.29 is 15.0 Å². The molecule has 0 heterocycles. The highest BCUT2D eigenvalue weighted by Gasteiger charge is 1.89. The molecular formula is C11H29NO3. The van der Waals surface area contributed by atoms with Gasteiger partial charge in [-0.3, -0.25) is 4.79 Å². The molecule has 0 fully saturated rings. The van der Waals surface area contributed by atoms with Crippen molar-refractivity contribution in [3.05, 3.63) is 0 Å². The van der Waals surface area contributed by atoms with Crippen LogP contribution in [0.5, 0.6) is 0 Å². The third kappa shape index (κ3) is 59.8. The summed E-state index contributed by atoms with van der Waals surface area (Å²) in [5.74, 6) is -0.833. The lowest BCUT2D eigenvalue weighted by atomic mass is 10.5. The van der Waals surface area contributed by atoms with Crippen LogP contribution in [0.25, 0.3) is 0 Å². The Morgan fingerprint density at radius 3 is 1.13 bits per heavy atom. The number of carbonyl (C=O) groups is 1. The average molecular weight is 223 g/mol. The zero-order valence-corrected chi connectivity index (χ0v) is 11.4. The maximum Gasteiger partial charge on any atom is 0.300 e. The van der Waals surface area contributed by atoms with Gasteiger partial charge in [0.1, 0.15) is 0 Å². The minimum absolute atomic E-state index is 0.833. The molecule has 0 aliphatic heterocycles. The fourth-order valence-electron chi connectivity index (χ4n) is 0.671. The Kier molecular flexibility index (Phi) is 46.5. The van der Waals surface area contributed by atoms with Crippen molar-refractivity contribution in [1.29, 1.82) is 0 Å². The average Bonchev–Trinajstić information content (AvgIpc) is 2.25. The van der Waals surface area contributed by atoms with Crippen molar-refractivity contribution >= 4 is 5.97 Å². The van der Waals surface area contributed by atoms with Gasteiger partial charge in [-0.15, -0.1) is 0 Å². The standard InChI is InChI=1S/C6H15N.C2H4O2.C2H6.CH4O/c1-4-7(5-2)6-3;1-2(3)4;2*1-2/h4-6H2,1-3H3;1H3,(H,3,4);1-2H3;2H,1H3. The first-order valence-electron chi connectivity index (χ1n) is 5.44. The molecule has 0 amide bonds. The number of carboxylic acid groups (broad SMARTS) is 1. The topological polar surface area (TPSA) is 60.8 Å². The summed E-state index contributed by atoms with van der Waals surface area (Å²) >= 11 is 0. The molecule has 0 radical (unpaired) electrons. The number of aliphatic hydroxyl groups is 1. The van der Waals surface area contributed by atoms with Crippen molar-refractivity contribution in [2.24, 2.45) is 0 Å². The van der Waals surface area contributed by atoms with Crippen LogP contribution in [-0.4, -0.2) is 47.8 Å². The Morgan fingerprint density at radius 1 is 1.00 bits per heavy atom. The SMILES string of the molecule is CC.CC(=O)O.CCN(CC)CC.CO. The zero-order valence-electron chi connectivity index (χ0n) is 11.4. The van der Waals surface area contributed by atoms with E-state index in [2.05, 4.69) is 25.7 Å². The maximum atomic E-state index is 9.00. The molecule has 0 aliphatic rings. The molecule has 0 saturated carbocycles. The molecule has 0 aliphatic carbocycles. The van der Waals surface area contributed by atoms with E-state index < -0.39 is 5.97 Å². The number of aliphatic hydroxyl groups excluding tert-OH is 1. The predicted octanol–water partition coefficient (Wildman–Crippen LogP) is 2.07. The second-order valence-electron chi connectivity index (χ2n) is 2.14. The third-order valence-electron chi connectivity index (χ3n) is 1.34. The second-order valence-corrected chi connectivity index (χ2v) is 2.14. The molecule has 0 aromatic rings. The Hall–Kier alpha value is -0.610. The van der Waals surface area contributed by atoms with Crippen LogP contribution in [0.1, 0.15) is 41.5 Å². The van der Waals surface area contributed by atoms with E-state index >= 15 is 0 Å². The van der Waals surface area contributed by atoms with Crippen molar-refractivity contribution in [3.8, 4) is 0 Å². The van der Waals surface area contributed by atoms with Crippen LogP contribution >= 0.6 is 0 Å². The van der Waals surface area contributed by atoms with Gasteiger partial charge in [-0.05, 0) is 19.6 Å². The summed E-state index contributed by atoms with van der Waals surface area (Å²) in [5, 5.41) is 14.4. The van der Waals surface area contributed by atoms with Gasteiger partial charge in [-0.25, -0.2) is 0 Å². The quantitative estimate of drug-likeness (QED) is 0.769. The van der Waals surface area contributed by atoms with Crippen LogP contribution in [0.2, 0.25) is 0 Å². The van der Waals surface area contributed by atoms with Gasteiger partial charge in [0, 0.05) is 14.0 Å². The van der Waals surface area contributed by atoms with E-state index in [1.54, 1.807) is 0 Å². The first-order valence-corrected chi connectivity index (χ1v) is 5.44. The largest absolute Gasteiger partial charge is 0.481 e. The normalized spacial score (nSPS) is 7.27. The summed E-state index contributed by atoms with van der Waals surface area (Å²) in [5.41, 5.74) is 0. The van der Waals surface area contributed by atoms with E-state index in [4.69, 9.17) is 15.0 Å². The van der Waals surface area contributed by atoms with E-state index in [0.29, 0.717) is 0 Å². The molecule has 0 rings (SSSR count). The molecule has 2 N–H and O–H groups in total. The molecule has 0 saturated heterocycles. The van der Waals surface area contributed by atoms with E-state index in [1.807, 2.05) is 13.8 Å². The summed E-state index contributed by atoms with van der Waals surface area (Å²) in [6.07, 6.45) is 0. The molecule has 0 unspecified atom stereocenters. The Labute approximate surface area is 94.9 Å².